The predicted octanol–water partition coefficient (Wildman–Crippen LogP) is 1.35. The van der Waals surface area contributed by atoms with E-state index in [0.29, 0.717) is 11.3 Å². The lowest BCUT2D eigenvalue weighted by atomic mass is 10.2. The monoisotopic (exact) mass is 326 g/mol. The van der Waals surface area contributed by atoms with Gasteiger partial charge in [-0.2, -0.15) is 0 Å². The number of sulfonamides is 1. The molecule has 0 aliphatic rings. The molecule has 0 spiro atoms. The van der Waals surface area contributed by atoms with Gasteiger partial charge in [-0.25, -0.2) is 13.2 Å². The third-order valence-corrected chi connectivity index (χ3v) is 5.42. The van der Waals surface area contributed by atoms with Crippen LogP contribution in [0.3, 0.4) is 0 Å². The molecule has 0 atom stereocenters. The van der Waals surface area contributed by atoms with Crippen molar-refractivity contribution in [1.82, 2.24) is 0 Å². The summed E-state index contributed by atoms with van der Waals surface area (Å²) in [5.41, 5.74) is 5.57. The van der Waals surface area contributed by atoms with E-state index in [1.807, 2.05) is 0 Å². The summed E-state index contributed by atoms with van der Waals surface area (Å²) in [6.07, 6.45) is 0. The average molecular weight is 326 g/mol. The third-order valence-electron chi connectivity index (χ3n) is 2.48. The normalized spacial score (nSPS) is 11.0. The maximum absolute atomic E-state index is 12.1. The summed E-state index contributed by atoms with van der Waals surface area (Å²) in [4.78, 5) is 21.6. The van der Waals surface area contributed by atoms with Crippen molar-refractivity contribution in [3.8, 4) is 0 Å². The van der Waals surface area contributed by atoms with Gasteiger partial charge in [-0.05, 0) is 36.4 Å². The van der Waals surface area contributed by atoms with Gasteiger partial charge in [0.1, 0.15) is 9.09 Å². The van der Waals surface area contributed by atoms with Crippen molar-refractivity contribution < 1.29 is 23.1 Å². The predicted molar refractivity (Wildman–Crippen MR) is 77.0 cm³/mol. The van der Waals surface area contributed by atoms with Gasteiger partial charge >= 0.3 is 5.97 Å². The van der Waals surface area contributed by atoms with Gasteiger partial charge in [0.2, 0.25) is 5.91 Å². The first-order valence-electron chi connectivity index (χ1n) is 5.55. The molecule has 0 aliphatic heterocycles. The fourth-order valence-corrected chi connectivity index (χ4v) is 3.69. The highest BCUT2D eigenvalue weighted by Gasteiger charge is 2.19. The summed E-state index contributed by atoms with van der Waals surface area (Å²) in [5.74, 6) is -1.80. The standard InChI is InChI=1S/C12H10N2O5S2/c13-11(15)7-1-3-8(4-2-7)14-21(18,19)10-6-5-9(20-10)12(16)17/h1-6,14H,(H2,13,15)(H,16,17). The van der Waals surface area contributed by atoms with Crippen molar-refractivity contribution in [2.45, 2.75) is 4.21 Å². The van der Waals surface area contributed by atoms with Crippen LogP contribution >= 0.6 is 11.3 Å². The highest BCUT2D eigenvalue weighted by molar-refractivity contribution is 7.94. The molecule has 2 aromatic rings. The van der Waals surface area contributed by atoms with Crippen LogP contribution in [0.15, 0.2) is 40.6 Å². The summed E-state index contributed by atoms with van der Waals surface area (Å²) >= 11 is 0.651. The molecule has 4 N–H and O–H groups in total. The third kappa shape index (κ3) is 3.38. The van der Waals surface area contributed by atoms with Crippen LogP contribution in [0.25, 0.3) is 0 Å². The number of carboxylic acid groups (broad SMARTS) is 1. The van der Waals surface area contributed by atoms with Crippen LogP contribution in [0.4, 0.5) is 5.69 Å². The Morgan fingerprint density at radius 1 is 1.10 bits per heavy atom. The lowest BCUT2D eigenvalue weighted by Gasteiger charge is -2.06. The smallest absolute Gasteiger partial charge is 0.345 e. The van der Waals surface area contributed by atoms with E-state index in [1.54, 1.807) is 0 Å². The van der Waals surface area contributed by atoms with Crippen molar-refractivity contribution in [2.24, 2.45) is 5.73 Å². The van der Waals surface area contributed by atoms with Crippen LogP contribution < -0.4 is 10.5 Å². The first-order valence-corrected chi connectivity index (χ1v) is 7.85. The van der Waals surface area contributed by atoms with Gasteiger partial charge in [-0.15, -0.1) is 11.3 Å². The Bertz CT molecular complexity index is 793. The number of carbonyl (C=O) groups is 2. The van der Waals surface area contributed by atoms with Crippen molar-refractivity contribution in [3.05, 3.63) is 46.8 Å². The molecule has 1 heterocycles. The molecule has 0 saturated carbocycles. The van der Waals surface area contributed by atoms with Crippen LogP contribution in [0.5, 0.6) is 0 Å². The van der Waals surface area contributed by atoms with Crippen molar-refractivity contribution in [3.63, 3.8) is 0 Å². The number of thiophene rings is 1. The Balaban J connectivity index is 2.24. The molecule has 2 rings (SSSR count). The summed E-state index contributed by atoms with van der Waals surface area (Å²) in [6.45, 7) is 0. The Labute approximate surface area is 124 Å². The van der Waals surface area contributed by atoms with Gasteiger partial charge in [0.05, 0.1) is 0 Å². The minimum Gasteiger partial charge on any atom is -0.477 e. The maximum atomic E-state index is 12.1. The van der Waals surface area contributed by atoms with Gasteiger partial charge in [0, 0.05) is 11.3 Å². The molecule has 9 heteroatoms. The van der Waals surface area contributed by atoms with Gasteiger partial charge < -0.3 is 10.8 Å². The highest BCUT2D eigenvalue weighted by atomic mass is 32.2. The van der Waals surface area contributed by atoms with Crippen LogP contribution in [0.2, 0.25) is 0 Å². The molecule has 0 aliphatic carbocycles. The number of hydrogen-bond donors (Lipinski definition) is 3. The zero-order valence-electron chi connectivity index (χ0n) is 10.4. The molecule has 1 amide bonds. The number of amides is 1. The van der Waals surface area contributed by atoms with Crippen molar-refractivity contribution in [2.75, 3.05) is 4.72 Å². The summed E-state index contributed by atoms with van der Waals surface area (Å²) in [5, 5.41) is 8.79. The summed E-state index contributed by atoms with van der Waals surface area (Å²) in [6, 6.07) is 7.99. The second-order valence-electron chi connectivity index (χ2n) is 3.97. The Morgan fingerprint density at radius 2 is 1.71 bits per heavy atom. The van der Waals surface area contributed by atoms with Crippen LogP contribution in [0, 0.1) is 0 Å². The van der Waals surface area contributed by atoms with E-state index in [9.17, 15) is 18.0 Å². The number of nitrogens with two attached hydrogens (primary N) is 1. The summed E-state index contributed by atoms with van der Waals surface area (Å²) < 4.78 is 26.3. The largest absolute Gasteiger partial charge is 0.477 e. The Morgan fingerprint density at radius 3 is 2.19 bits per heavy atom. The van der Waals surface area contributed by atoms with E-state index in [0.717, 1.165) is 0 Å². The number of rotatable bonds is 5. The van der Waals surface area contributed by atoms with Crippen LogP contribution in [0.1, 0.15) is 20.0 Å². The average Bonchev–Trinajstić information content (AvgIpc) is 2.89. The Hall–Kier alpha value is -2.39. The van der Waals surface area contributed by atoms with Gasteiger partial charge in [-0.3, -0.25) is 9.52 Å². The molecular formula is C12H10N2O5S2. The number of aromatic carboxylic acids is 1. The fourth-order valence-electron chi connectivity index (χ4n) is 1.49. The second-order valence-corrected chi connectivity index (χ2v) is 6.96. The van der Waals surface area contributed by atoms with E-state index in [1.165, 1.54) is 36.4 Å². The molecular weight excluding hydrogens is 316 g/mol. The van der Waals surface area contributed by atoms with Crippen molar-refractivity contribution in [1.29, 1.82) is 0 Å². The lowest BCUT2D eigenvalue weighted by molar-refractivity contribution is 0.0702. The molecule has 1 aromatic carbocycles. The van der Waals surface area contributed by atoms with Crippen LogP contribution in [-0.4, -0.2) is 25.4 Å². The quantitative estimate of drug-likeness (QED) is 0.764. The molecule has 21 heavy (non-hydrogen) atoms. The van der Waals surface area contributed by atoms with Gasteiger partial charge in [0.15, 0.2) is 0 Å². The number of primary amides is 1. The number of benzene rings is 1. The van der Waals surface area contributed by atoms with Crippen LogP contribution in [-0.2, 0) is 10.0 Å². The zero-order chi connectivity index (χ0) is 15.6. The first kappa shape index (κ1) is 15.0. The molecule has 0 radical (unpaired) electrons. The fraction of sp³-hybridized carbons (Fsp3) is 0. The minimum absolute atomic E-state index is 0.0700. The summed E-state index contributed by atoms with van der Waals surface area (Å²) in [7, 11) is -3.87. The number of anilines is 1. The minimum atomic E-state index is -3.87. The highest BCUT2D eigenvalue weighted by Crippen LogP contribution is 2.24. The first-order chi connectivity index (χ1) is 9.79. The van der Waals surface area contributed by atoms with Gasteiger partial charge in [0.25, 0.3) is 10.0 Å². The molecule has 0 unspecified atom stereocenters. The molecule has 110 valence electrons. The molecule has 1 aromatic heterocycles. The zero-order valence-corrected chi connectivity index (χ0v) is 12.1. The Kier molecular flexibility index (Phi) is 3.96. The van der Waals surface area contributed by atoms with E-state index < -0.39 is 21.9 Å². The van der Waals surface area contributed by atoms with E-state index in [2.05, 4.69) is 4.72 Å². The number of carboxylic acids is 1. The SMILES string of the molecule is NC(=O)c1ccc(NS(=O)(=O)c2ccc(C(=O)O)s2)cc1. The molecule has 7 nitrogen and oxygen atoms in total. The van der Waals surface area contributed by atoms with Gasteiger partial charge in [-0.1, -0.05) is 0 Å². The maximum Gasteiger partial charge on any atom is 0.345 e. The van der Waals surface area contributed by atoms with E-state index in [-0.39, 0.29) is 20.3 Å². The number of hydrogen-bond acceptors (Lipinski definition) is 5. The molecule has 0 saturated heterocycles. The topological polar surface area (TPSA) is 127 Å². The second kappa shape index (κ2) is 5.54. The number of carbonyl (C=O) groups excluding carboxylic acids is 1. The molecule has 0 bridgehead atoms. The lowest BCUT2D eigenvalue weighted by Crippen LogP contribution is -2.13. The molecule has 0 fully saturated rings. The number of nitrogens with one attached hydrogen (secondary N) is 1. The van der Waals surface area contributed by atoms with E-state index >= 15 is 0 Å². The van der Waals surface area contributed by atoms with Crippen molar-refractivity contribution >= 4 is 38.9 Å². The van der Waals surface area contributed by atoms with E-state index in [4.69, 9.17) is 10.8 Å².